The average Bonchev–Trinajstić information content (AvgIpc) is 2.23. The van der Waals surface area contributed by atoms with Gasteiger partial charge in [0.05, 0.1) is 30.6 Å². The summed E-state index contributed by atoms with van der Waals surface area (Å²) < 4.78 is 0. The maximum absolute atomic E-state index is 9.32. The highest BCUT2D eigenvalue weighted by Gasteiger charge is 2.27. The molecule has 0 fully saturated rings. The molecular formula is C10H21Cl2O2P. The number of carboxylic acids is 1. The molecule has 0 aliphatic heterocycles. The van der Waals surface area contributed by atoms with Crippen LogP contribution in [-0.4, -0.2) is 35.5 Å². The van der Waals surface area contributed by atoms with Crippen molar-refractivity contribution in [1.82, 2.24) is 0 Å². The highest BCUT2D eigenvalue weighted by molar-refractivity contribution is 7.75. The molecule has 0 spiro atoms. The van der Waals surface area contributed by atoms with Crippen molar-refractivity contribution in [1.29, 1.82) is 0 Å². The topological polar surface area (TPSA) is 40.1 Å². The molecule has 0 aliphatic carbocycles. The Morgan fingerprint density at radius 2 is 1.27 bits per heavy atom. The first-order valence-corrected chi connectivity index (χ1v) is 8.63. The highest BCUT2D eigenvalue weighted by atomic mass is 35.5. The summed E-state index contributed by atoms with van der Waals surface area (Å²) in [6.45, 7) is 9.41. The first kappa shape index (κ1) is 17.9. The molecule has 0 amide bonds. The normalized spacial score (nSPS) is 10.9. The van der Waals surface area contributed by atoms with Crippen molar-refractivity contribution in [3.8, 4) is 0 Å². The molecule has 0 saturated carbocycles. The van der Waals surface area contributed by atoms with Crippen molar-refractivity contribution >= 4 is 36.4 Å². The molecule has 0 aromatic carbocycles. The van der Waals surface area contributed by atoms with Gasteiger partial charge in [0.2, 0.25) is 0 Å². The van der Waals surface area contributed by atoms with Crippen LogP contribution in [0.5, 0.6) is 0 Å². The monoisotopic (exact) mass is 274 g/mol. The van der Waals surface area contributed by atoms with Crippen LogP contribution in [0.2, 0.25) is 0 Å². The van der Waals surface area contributed by atoms with Gasteiger partial charge in [-0.3, -0.25) is 0 Å². The third-order valence-corrected chi connectivity index (χ3v) is 8.58. The second kappa shape index (κ2) is 9.69. The molecule has 0 unspecified atom stereocenters. The smallest absolute Gasteiger partial charge is 0.146 e. The van der Waals surface area contributed by atoms with Gasteiger partial charge in [-0.1, -0.05) is 23.2 Å². The summed E-state index contributed by atoms with van der Waals surface area (Å²) in [5, 5.41) is 9.32. The van der Waals surface area contributed by atoms with Crippen LogP contribution in [-0.2, 0) is 4.79 Å². The van der Waals surface area contributed by atoms with Crippen LogP contribution in [0.25, 0.3) is 0 Å². The molecule has 92 valence electrons. The Morgan fingerprint density at radius 1 is 1.07 bits per heavy atom. The Labute approximate surface area is 104 Å². The second-order valence-electron chi connectivity index (χ2n) is 3.23. The lowest BCUT2D eigenvalue weighted by Crippen LogP contribution is -2.28. The quantitative estimate of drug-likeness (QED) is 0.571. The lowest BCUT2D eigenvalue weighted by molar-refractivity contribution is -0.302. The van der Waals surface area contributed by atoms with Gasteiger partial charge in [0.25, 0.3) is 0 Å². The molecule has 5 heteroatoms. The maximum Gasteiger partial charge on any atom is 0.146 e. The number of aliphatic carboxylic acids is 1. The summed E-state index contributed by atoms with van der Waals surface area (Å²) in [5.41, 5.74) is 0. The summed E-state index contributed by atoms with van der Waals surface area (Å²) in [6, 6.07) is 0. The minimum absolute atomic E-state index is 0.420. The number of hydrogen-bond donors (Lipinski definition) is 0. The van der Waals surface area contributed by atoms with E-state index in [0.717, 1.165) is 0 Å². The number of hydrogen-bond acceptors (Lipinski definition) is 2. The molecule has 0 rings (SSSR count). The molecule has 0 aromatic rings. The van der Waals surface area contributed by atoms with Crippen LogP contribution in [0.1, 0.15) is 27.7 Å². The van der Waals surface area contributed by atoms with Gasteiger partial charge in [-0.05, 0) is 27.7 Å². The maximum atomic E-state index is 9.32. The molecule has 0 bridgehead atoms. The zero-order valence-corrected chi connectivity index (χ0v) is 12.3. The Hall–Kier alpha value is 0.480. The molecule has 0 aliphatic rings. The van der Waals surface area contributed by atoms with Crippen molar-refractivity contribution < 1.29 is 9.90 Å². The van der Waals surface area contributed by atoms with E-state index in [0.29, 0.717) is 0 Å². The Bertz CT molecular complexity index is 153. The van der Waals surface area contributed by atoms with E-state index in [-0.39, 0.29) is 0 Å². The zero-order chi connectivity index (χ0) is 12.5. The zero-order valence-electron chi connectivity index (χ0n) is 9.93. The number of carbonyl (C=O) groups excluding carboxylic acids is 1. The summed E-state index contributed by atoms with van der Waals surface area (Å²) in [5.74, 6) is -1.46. The third-order valence-electron chi connectivity index (χ3n) is 2.86. The predicted molar refractivity (Wildman–Crippen MR) is 69.6 cm³/mol. The van der Waals surface area contributed by atoms with Crippen molar-refractivity contribution in [3.05, 3.63) is 0 Å². The highest BCUT2D eigenvalue weighted by Crippen LogP contribution is 2.57. The number of alkyl halides is 2. The van der Waals surface area contributed by atoms with Crippen molar-refractivity contribution in [2.24, 2.45) is 0 Å². The van der Waals surface area contributed by atoms with Crippen LogP contribution in [0.15, 0.2) is 0 Å². The van der Waals surface area contributed by atoms with Crippen molar-refractivity contribution in [3.63, 3.8) is 0 Å². The van der Waals surface area contributed by atoms with Gasteiger partial charge in [0.15, 0.2) is 0 Å². The molecule has 0 aromatic heterocycles. The molecule has 0 heterocycles. The largest absolute Gasteiger partial charge is 0.547 e. The standard InChI is InChI=1S/C8H20P.C2H2Cl2O2/c1-5-9(6-2,7-3)8-4;3-1(4)2(5)6/h5-8H2,1-4H3;1H,(H,5,6)/q+1;/p-1. The number of carboxylic acid groups (broad SMARTS) is 1. The fourth-order valence-electron chi connectivity index (χ4n) is 1.34. The second-order valence-corrected chi connectivity index (χ2v) is 9.54. The Kier molecular flexibility index (Phi) is 11.5. The van der Waals surface area contributed by atoms with Crippen LogP contribution >= 0.6 is 30.5 Å². The van der Waals surface area contributed by atoms with Gasteiger partial charge < -0.3 is 9.90 Å². The number of carbonyl (C=O) groups is 1. The summed E-state index contributed by atoms with van der Waals surface area (Å²) >= 11 is 9.43. The third kappa shape index (κ3) is 8.30. The number of halogens is 2. The van der Waals surface area contributed by atoms with Gasteiger partial charge in [-0.2, -0.15) is 0 Å². The van der Waals surface area contributed by atoms with Crippen molar-refractivity contribution in [2.75, 3.05) is 24.6 Å². The van der Waals surface area contributed by atoms with E-state index in [9.17, 15) is 9.90 Å². The first-order chi connectivity index (χ1) is 6.89. The fourth-order valence-corrected chi connectivity index (χ4v) is 4.02. The summed E-state index contributed by atoms with van der Waals surface area (Å²) in [6.07, 6.45) is 5.82. The van der Waals surface area contributed by atoms with Crippen molar-refractivity contribution in [2.45, 2.75) is 32.5 Å². The van der Waals surface area contributed by atoms with E-state index in [1.165, 1.54) is 24.6 Å². The van der Waals surface area contributed by atoms with E-state index in [1.807, 2.05) is 0 Å². The first-order valence-electron chi connectivity index (χ1n) is 5.23. The van der Waals surface area contributed by atoms with Gasteiger partial charge in [-0.25, -0.2) is 0 Å². The lowest BCUT2D eigenvalue weighted by Gasteiger charge is -2.20. The Morgan fingerprint density at radius 3 is 1.27 bits per heavy atom. The van der Waals surface area contributed by atoms with E-state index in [1.54, 1.807) is 0 Å². The van der Waals surface area contributed by atoms with Crippen LogP contribution in [0, 0.1) is 0 Å². The van der Waals surface area contributed by atoms with Gasteiger partial charge in [-0.15, -0.1) is 0 Å². The Balaban J connectivity index is 0. The van der Waals surface area contributed by atoms with Gasteiger partial charge in [0.1, 0.15) is 4.84 Å². The van der Waals surface area contributed by atoms with Gasteiger partial charge in [0, 0.05) is 7.26 Å². The van der Waals surface area contributed by atoms with E-state index >= 15 is 0 Å². The van der Waals surface area contributed by atoms with Crippen LogP contribution in [0.4, 0.5) is 0 Å². The average molecular weight is 275 g/mol. The lowest BCUT2D eigenvalue weighted by atomic mass is 10.8. The summed E-state index contributed by atoms with van der Waals surface area (Å²) in [4.78, 5) is 7.93. The molecule has 0 radical (unpaired) electrons. The molecule has 15 heavy (non-hydrogen) atoms. The molecule has 0 atom stereocenters. The minimum atomic E-state index is -1.46. The SMILES string of the molecule is CC[P+](CC)(CC)CC.O=C([O-])C(Cl)Cl. The molecule has 0 N–H and O–H groups in total. The van der Waals surface area contributed by atoms with Crippen LogP contribution in [0.3, 0.4) is 0 Å². The molecule has 2 nitrogen and oxygen atoms in total. The van der Waals surface area contributed by atoms with Gasteiger partial charge >= 0.3 is 0 Å². The van der Waals surface area contributed by atoms with Crippen LogP contribution < -0.4 is 5.11 Å². The fraction of sp³-hybridized carbons (Fsp3) is 0.900. The molecular weight excluding hydrogens is 254 g/mol. The minimum Gasteiger partial charge on any atom is -0.547 e. The predicted octanol–water partition coefficient (Wildman–Crippen LogP) is 2.62. The summed E-state index contributed by atoms with van der Waals surface area (Å²) in [7, 11) is -0.420. The van der Waals surface area contributed by atoms with E-state index < -0.39 is 18.1 Å². The molecule has 0 saturated heterocycles. The van der Waals surface area contributed by atoms with E-state index in [4.69, 9.17) is 23.2 Å². The van der Waals surface area contributed by atoms with E-state index in [2.05, 4.69) is 27.7 Å². The number of rotatable bonds is 5.